The van der Waals surface area contributed by atoms with Gasteiger partial charge in [0.05, 0.1) is 5.56 Å². The van der Waals surface area contributed by atoms with Gasteiger partial charge in [0.1, 0.15) is 30.0 Å². The van der Waals surface area contributed by atoms with E-state index >= 15 is 0 Å². The van der Waals surface area contributed by atoms with E-state index in [-0.39, 0.29) is 36.1 Å². The van der Waals surface area contributed by atoms with Crippen molar-refractivity contribution < 1.29 is 37.4 Å². The van der Waals surface area contributed by atoms with Crippen LogP contribution in [0.5, 0.6) is 17.2 Å². The Bertz CT molecular complexity index is 1470. The van der Waals surface area contributed by atoms with E-state index in [0.29, 0.717) is 60.7 Å². The number of anilines is 1. The molecule has 1 heterocycles. The highest BCUT2D eigenvalue weighted by atomic mass is 19.2. The van der Waals surface area contributed by atoms with Crippen LogP contribution in [0.25, 0.3) is 0 Å². The van der Waals surface area contributed by atoms with Crippen LogP contribution in [0, 0.1) is 17.6 Å². The minimum Gasteiger partial charge on any atom is -0.489 e. The highest BCUT2D eigenvalue weighted by Crippen LogP contribution is 2.34. The molecule has 4 rings (SSSR count). The number of hydrogen-bond acceptors (Lipinski definition) is 6. The first-order chi connectivity index (χ1) is 20.5. The highest BCUT2D eigenvalue weighted by molar-refractivity contribution is 6.01. The van der Waals surface area contributed by atoms with Crippen LogP contribution < -0.4 is 14.8 Å². The number of ether oxygens (including phenoxy) is 3. The van der Waals surface area contributed by atoms with Gasteiger partial charge in [-0.15, -0.1) is 0 Å². The summed E-state index contributed by atoms with van der Waals surface area (Å²) in [5, 5.41) is 2.64. The molecule has 1 fully saturated rings. The Morgan fingerprint density at radius 1 is 0.930 bits per heavy atom. The van der Waals surface area contributed by atoms with E-state index in [1.165, 1.54) is 6.07 Å². The summed E-state index contributed by atoms with van der Waals surface area (Å²) in [6.45, 7) is 8.19. The average molecular weight is 595 g/mol. The van der Waals surface area contributed by atoms with Crippen molar-refractivity contribution in [2.75, 3.05) is 18.4 Å². The number of ketones is 1. The van der Waals surface area contributed by atoms with Gasteiger partial charge in [0, 0.05) is 56.1 Å². The molecule has 0 aromatic heterocycles. The number of halogens is 2. The number of carbonyl (C=O) groups excluding carboxylic acids is 3. The minimum absolute atomic E-state index is 0.0210. The van der Waals surface area contributed by atoms with Crippen molar-refractivity contribution in [2.24, 2.45) is 5.92 Å². The second-order valence-electron chi connectivity index (χ2n) is 10.7. The fourth-order valence-electron chi connectivity index (χ4n) is 4.80. The van der Waals surface area contributed by atoms with E-state index in [1.54, 1.807) is 36.1 Å². The summed E-state index contributed by atoms with van der Waals surface area (Å²) in [5.74, 6) is -1.37. The molecule has 3 aromatic carbocycles. The lowest BCUT2D eigenvalue weighted by Gasteiger charge is -2.32. The van der Waals surface area contributed by atoms with Crippen molar-refractivity contribution in [2.45, 2.75) is 59.7 Å². The summed E-state index contributed by atoms with van der Waals surface area (Å²) in [6.07, 6.45) is 0.973. The van der Waals surface area contributed by atoms with E-state index in [4.69, 9.17) is 14.2 Å². The van der Waals surface area contributed by atoms with Gasteiger partial charge in [-0.3, -0.25) is 14.9 Å². The van der Waals surface area contributed by atoms with Crippen molar-refractivity contribution in [3.8, 4) is 17.2 Å². The average Bonchev–Trinajstić information content (AvgIpc) is 2.99. The summed E-state index contributed by atoms with van der Waals surface area (Å²) in [5.41, 5.74) is 2.35. The molecule has 1 N–H and O–H groups in total. The molecule has 228 valence electrons. The molecule has 1 saturated heterocycles. The van der Waals surface area contributed by atoms with Crippen molar-refractivity contribution in [1.29, 1.82) is 0 Å². The van der Waals surface area contributed by atoms with E-state index in [9.17, 15) is 23.2 Å². The summed E-state index contributed by atoms with van der Waals surface area (Å²) in [4.78, 5) is 39.6. The van der Waals surface area contributed by atoms with Gasteiger partial charge in [-0.05, 0) is 48.4 Å². The first-order valence-corrected chi connectivity index (χ1v) is 14.3. The monoisotopic (exact) mass is 594 g/mol. The molecule has 2 amide bonds. The Labute approximate surface area is 249 Å². The Morgan fingerprint density at radius 2 is 1.58 bits per heavy atom. The molecule has 1 aliphatic rings. The van der Waals surface area contributed by atoms with Crippen LogP contribution in [-0.2, 0) is 22.6 Å². The number of amides is 2. The molecule has 1 aliphatic heterocycles. The highest BCUT2D eigenvalue weighted by Gasteiger charge is 2.28. The predicted molar refractivity (Wildman–Crippen MR) is 158 cm³/mol. The number of nitrogens with one attached hydrogen (secondary N) is 1. The largest absolute Gasteiger partial charge is 0.489 e. The number of piperidine rings is 1. The second kappa shape index (κ2) is 14.1. The Balaban J connectivity index is 1.45. The molecule has 10 heteroatoms. The lowest BCUT2D eigenvalue weighted by molar-refractivity contribution is -0.130. The maximum absolute atomic E-state index is 13.4. The third-order valence-corrected chi connectivity index (χ3v) is 7.24. The molecule has 0 bridgehead atoms. The topological polar surface area (TPSA) is 94.2 Å². The number of hydrogen-bond donors (Lipinski definition) is 1. The molecular weight excluding hydrogens is 558 g/mol. The number of benzene rings is 3. The maximum atomic E-state index is 13.4. The molecule has 0 aliphatic carbocycles. The van der Waals surface area contributed by atoms with Crippen LogP contribution in [-0.4, -0.2) is 41.9 Å². The lowest BCUT2D eigenvalue weighted by Crippen LogP contribution is -2.41. The first kappa shape index (κ1) is 31.5. The lowest BCUT2D eigenvalue weighted by atomic mass is 9.92. The second-order valence-corrected chi connectivity index (χ2v) is 10.7. The van der Waals surface area contributed by atoms with Crippen LogP contribution in [0.4, 0.5) is 19.3 Å². The zero-order valence-corrected chi connectivity index (χ0v) is 24.7. The van der Waals surface area contributed by atoms with E-state index in [1.807, 2.05) is 32.9 Å². The van der Waals surface area contributed by atoms with Gasteiger partial charge in [0.25, 0.3) is 0 Å². The summed E-state index contributed by atoms with van der Waals surface area (Å²) >= 11 is 0. The number of likely N-dealkylation sites (tertiary alicyclic amines) is 1. The normalized spacial score (nSPS) is 13.5. The van der Waals surface area contributed by atoms with E-state index < -0.39 is 17.7 Å². The Hall–Kier alpha value is -4.47. The number of carbonyl (C=O) groups is 3. The van der Waals surface area contributed by atoms with Crippen LogP contribution in [0.3, 0.4) is 0 Å². The van der Waals surface area contributed by atoms with Crippen LogP contribution in [0.2, 0.25) is 0 Å². The van der Waals surface area contributed by atoms with E-state index in [2.05, 4.69) is 5.32 Å². The summed E-state index contributed by atoms with van der Waals surface area (Å²) in [7, 11) is 0. The molecule has 0 unspecified atom stereocenters. The molecule has 0 saturated carbocycles. The zero-order chi connectivity index (χ0) is 31.1. The number of rotatable bonds is 10. The molecule has 3 aromatic rings. The summed E-state index contributed by atoms with van der Waals surface area (Å²) < 4.78 is 44.1. The first-order valence-electron chi connectivity index (χ1n) is 14.3. The molecule has 8 nitrogen and oxygen atoms in total. The smallest absolute Gasteiger partial charge is 0.411 e. The van der Waals surface area contributed by atoms with E-state index in [0.717, 1.165) is 17.7 Å². The van der Waals surface area contributed by atoms with Crippen molar-refractivity contribution in [1.82, 2.24) is 4.90 Å². The van der Waals surface area contributed by atoms with Gasteiger partial charge in [0.15, 0.2) is 17.4 Å². The molecule has 0 radical (unpaired) electrons. The van der Waals surface area contributed by atoms with Gasteiger partial charge in [-0.25, -0.2) is 13.6 Å². The fourth-order valence-corrected chi connectivity index (χ4v) is 4.80. The molecule has 43 heavy (non-hydrogen) atoms. The predicted octanol–water partition coefficient (Wildman–Crippen LogP) is 7.30. The van der Waals surface area contributed by atoms with Crippen LogP contribution in [0.1, 0.15) is 62.0 Å². The number of nitrogens with zero attached hydrogens (tertiary/aromatic N) is 1. The van der Waals surface area contributed by atoms with Gasteiger partial charge in [-0.2, -0.15) is 0 Å². The Kier molecular flexibility index (Phi) is 10.3. The van der Waals surface area contributed by atoms with Crippen LogP contribution in [0.15, 0.2) is 54.6 Å². The zero-order valence-electron chi connectivity index (χ0n) is 24.7. The van der Waals surface area contributed by atoms with Gasteiger partial charge >= 0.3 is 6.09 Å². The van der Waals surface area contributed by atoms with Crippen molar-refractivity contribution in [3.05, 3.63) is 82.9 Å². The standard InChI is InChI=1S/C33H36F2N2O6/c1-5-22-6-7-23(32(30(22)31(39)20(2)3)43-26-14-16-37(17-15-26)21(4)38)19-41-33(40)36-24-8-10-25(11-9-24)42-27-12-13-28(34)29(35)18-27/h6-13,18,20,26H,5,14-17,19H2,1-4H3,(H,36,40). The maximum Gasteiger partial charge on any atom is 0.411 e. The summed E-state index contributed by atoms with van der Waals surface area (Å²) in [6, 6.07) is 13.2. The third kappa shape index (κ3) is 8.09. The molecule has 0 atom stereocenters. The van der Waals surface area contributed by atoms with Gasteiger partial charge < -0.3 is 19.1 Å². The molecular formula is C33H36F2N2O6. The van der Waals surface area contributed by atoms with Crippen molar-refractivity contribution >= 4 is 23.5 Å². The Morgan fingerprint density at radius 3 is 2.19 bits per heavy atom. The number of Topliss-reactive ketones (excluding diaryl/α,β-unsaturated/α-hetero) is 1. The third-order valence-electron chi connectivity index (χ3n) is 7.24. The van der Waals surface area contributed by atoms with Crippen LogP contribution >= 0.6 is 0 Å². The minimum atomic E-state index is -1.02. The SMILES string of the molecule is CCc1ccc(COC(=O)Nc2ccc(Oc3ccc(F)c(F)c3)cc2)c(OC2CCN(C(C)=O)CC2)c1C(=O)C(C)C. The van der Waals surface area contributed by atoms with Gasteiger partial charge in [-0.1, -0.05) is 32.9 Å². The van der Waals surface area contributed by atoms with Gasteiger partial charge in [0.2, 0.25) is 5.91 Å². The van der Waals surface area contributed by atoms with Crippen molar-refractivity contribution in [3.63, 3.8) is 0 Å². The quantitative estimate of drug-likeness (QED) is 0.248. The number of aryl methyl sites for hydroxylation is 1. The fraction of sp³-hybridized carbons (Fsp3) is 0.364. The molecule has 0 spiro atoms.